The van der Waals surface area contributed by atoms with Gasteiger partial charge in [-0.05, 0) is 24.3 Å². The van der Waals surface area contributed by atoms with Crippen LogP contribution in [0.1, 0.15) is 18.2 Å². The van der Waals surface area contributed by atoms with Crippen LogP contribution in [0.2, 0.25) is 0 Å². The predicted molar refractivity (Wildman–Crippen MR) is 101 cm³/mol. The van der Waals surface area contributed by atoms with Crippen molar-refractivity contribution >= 4 is 23.5 Å². The lowest BCUT2D eigenvalue weighted by Crippen LogP contribution is -2.24. The Morgan fingerprint density at radius 2 is 1.82 bits per heavy atom. The fourth-order valence-electron chi connectivity index (χ4n) is 3.00. The lowest BCUT2D eigenvalue weighted by atomic mass is 10.1. The third-order valence-electron chi connectivity index (χ3n) is 4.34. The molecule has 0 saturated carbocycles. The molecule has 0 radical (unpaired) electrons. The van der Waals surface area contributed by atoms with Gasteiger partial charge in [0.25, 0.3) is 5.91 Å². The fourth-order valence-corrected chi connectivity index (χ4v) is 3.00. The average molecular weight is 378 g/mol. The van der Waals surface area contributed by atoms with E-state index in [1.54, 1.807) is 17.0 Å². The summed E-state index contributed by atoms with van der Waals surface area (Å²) in [6.07, 6.45) is 0.279. The van der Waals surface area contributed by atoms with Crippen molar-refractivity contribution in [1.82, 2.24) is 10.2 Å². The minimum atomic E-state index is -0.410. The molecule has 1 atom stereocenters. The highest BCUT2D eigenvalue weighted by Gasteiger charge is 2.35. The van der Waals surface area contributed by atoms with E-state index in [1.165, 1.54) is 0 Å². The number of nitrogens with zero attached hydrogens (tertiary/aromatic N) is 3. The molecule has 2 aromatic carbocycles. The van der Waals surface area contributed by atoms with Gasteiger partial charge in [0.05, 0.1) is 5.92 Å². The Bertz CT molecular complexity index is 959. The molecule has 1 aromatic heterocycles. The van der Waals surface area contributed by atoms with Gasteiger partial charge in [-0.1, -0.05) is 41.5 Å². The minimum Gasteiger partial charge on any atom is -0.484 e. The van der Waals surface area contributed by atoms with Gasteiger partial charge >= 0.3 is 6.01 Å². The van der Waals surface area contributed by atoms with E-state index < -0.39 is 5.91 Å². The van der Waals surface area contributed by atoms with E-state index in [0.717, 1.165) is 5.69 Å². The molecular weight excluding hydrogens is 360 g/mol. The Hall–Kier alpha value is -3.68. The third kappa shape index (κ3) is 4.01. The summed E-state index contributed by atoms with van der Waals surface area (Å²) in [4.78, 5) is 26.0. The molecule has 142 valence electrons. The molecule has 3 aromatic rings. The predicted octanol–water partition coefficient (Wildman–Crippen LogP) is 2.61. The topological polar surface area (TPSA) is 97.6 Å². The second-order valence-electron chi connectivity index (χ2n) is 6.34. The zero-order valence-corrected chi connectivity index (χ0v) is 14.9. The van der Waals surface area contributed by atoms with Gasteiger partial charge in [0.15, 0.2) is 6.61 Å². The molecule has 0 spiro atoms. The summed E-state index contributed by atoms with van der Waals surface area (Å²) in [5.74, 6) is 0.288. The Kier molecular flexibility index (Phi) is 5.01. The molecule has 1 aliphatic heterocycles. The number of carbonyl (C=O) groups is 2. The molecule has 8 heteroatoms. The van der Waals surface area contributed by atoms with Crippen LogP contribution >= 0.6 is 0 Å². The van der Waals surface area contributed by atoms with Crippen LogP contribution in [0.25, 0.3) is 0 Å². The van der Waals surface area contributed by atoms with E-state index in [-0.39, 0.29) is 30.9 Å². The first-order chi connectivity index (χ1) is 13.7. The molecule has 1 saturated heterocycles. The highest BCUT2D eigenvalue weighted by Crippen LogP contribution is 2.31. The van der Waals surface area contributed by atoms with Gasteiger partial charge in [-0.2, -0.15) is 0 Å². The van der Waals surface area contributed by atoms with Crippen LogP contribution in [0.4, 0.5) is 11.7 Å². The maximum Gasteiger partial charge on any atom is 0.322 e. The quantitative estimate of drug-likeness (QED) is 0.708. The number of hydrogen-bond acceptors (Lipinski definition) is 6. The number of para-hydroxylation sites is 2. The second kappa shape index (κ2) is 7.91. The van der Waals surface area contributed by atoms with Gasteiger partial charge in [0.1, 0.15) is 5.75 Å². The van der Waals surface area contributed by atoms with Crippen LogP contribution in [0.5, 0.6) is 5.75 Å². The average Bonchev–Trinajstić information content (AvgIpc) is 3.34. The molecule has 8 nitrogen and oxygen atoms in total. The van der Waals surface area contributed by atoms with Gasteiger partial charge < -0.3 is 14.1 Å². The molecule has 0 aliphatic carbocycles. The molecule has 1 aliphatic rings. The van der Waals surface area contributed by atoms with Crippen molar-refractivity contribution in [1.29, 1.82) is 0 Å². The van der Waals surface area contributed by atoms with Crippen LogP contribution in [0.15, 0.2) is 65.1 Å². The van der Waals surface area contributed by atoms with Crippen LogP contribution < -0.4 is 15.0 Å². The Morgan fingerprint density at radius 1 is 1.11 bits per heavy atom. The molecule has 1 unspecified atom stereocenters. The zero-order chi connectivity index (χ0) is 19.3. The van der Waals surface area contributed by atoms with Crippen molar-refractivity contribution in [3.05, 3.63) is 66.6 Å². The number of aromatic nitrogens is 2. The summed E-state index contributed by atoms with van der Waals surface area (Å²) in [7, 11) is 0. The van der Waals surface area contributed by atoms with E-state index >= 15 is 0 Å². The maximum atomic E-state index is 12.3. The SMILES string of the molecule is O=C(COc1ccccc1)Nc1nnc(C2CC(=O)N(c3ccccc3)C2)o1. The van der Waals surface area contributed by atoms with Crippen molar-refractivity contribution in [3.63, 3.8) is 0 Å². The summed E-state index contributed by atoms with van der Waals surface area (Å²) >= 11 is 0. The first-order valence-corrected chi connectivity index (χ1v) is 8.85. The lowest BCUT2D eigenvalue weighted by Gasteiger charge is -2.15. The van der Waals surface area contributed by atoms with Crippen molar-refractivity contribution in [2.75, 3.05) is 23.4 Å². The number of hydrogen-bond donors (Lipinski definition) is 1. The number of benzene rings is 2. The number of rotatable bonds is 6. The number of anilines is 2. The van der Waals surface area contributed by atoms with E-state index in [4.69, 9.17) is 9.15 Å². The number of amides is 2. The summed E-state index contributed by atoms with van der Waals surface area (Å²) in [6, 6.07) is 18.4. The first-order valence-electron chi connectivity index (χ1n) is 8.85. The molecule has 1 N–H and O–H groups in total. The molecule has 2 amide bonds. The number of carbonyl (C=O) groups excluding carboxylic acids is 2. The number of ether oxygens (including phenoxy) is 1. The summed E-state index contributed by atoms with van der Waals surface area (Å²) in [5.41, 5.74) is 0.834. The molecule has 0 bridgehead atoms. The normalized spacial score (nSPS) is 16.2. The van der Waals surface area contributed by atoms with Crippen LogP contribution in [0.3, 0.4) is 0 Å². The van der Waals surface area contributed by atoms with Crippen LogP contribution in [0, 0.1) is 0 Å². The largest absolute Gasteiger partial charge is 0.484 e. The van der Waals surface area contributed by atoms with Gasteiger partial charge in [0.2, 0.25) is 11.8 Å². The van der Waals surface area contributed by atoms with E-state index in [0.29, 0.717) is 18.2 Å². The molecule has 28 heavy (non-hydrogen) atoms. The summed E-state index contributed by atoms with van der Waals surface area (Å²) in [6.45, 7) is 0.279. The van der Waals surface area contributed by atoms with Crippen molar-refractivity contribution in [2.24, 2.45) is 0 Å². The van der Waals surface area contributed by atoms with E-state index in [2.05, 4.69) is 15.5 Å². The highest BCUT2D eigenvalue weighted by atomic mass is 16.5. The Morgan fingerprint density at radius 3 is 2.57 bits per heavy atom. The van der Waals surface area contributed by atoms with Gasteiger partial charge in [-0.3, -0.25) is 14.9 Å². The lowest BCUT2D eigenvalue weighted by molar-refractivity contribution is -0.118. The molecular formula is C20H18N4O4. The first kappa shape index (κ1) is 17.7. The van der Waals surface area contributed by atoms with Crippen molar-refractivity contribution in [2.45, 2.75) is 12.3 Å². The monoisotopic (exact) mass is 378 g/mol. The standard InChI is InChI=1S/C20H18N4O4/c25-17(13-27-16-9-5-2-6-10-16)21-20-23-22-19(28-20)14-11-18(26)24(12-14)15-7-3-1-4-8-15/h1-10,14H,11-13H2,(H,21,23,25). The fraction of sp³-hybridized carbons (Fsp3) is 0.200. The minimum absolute atomic E-state index is 0.00348. The van der Waals surface area contributed by atoms with Gasteiger partial charge in [-0.15, -0.1) is 5.10 Å². The maximum absolute atomic E-state index is 12.3. The zero-order valence-electron chi connectivity index (χ0n) is 14.9. The molecule has 4 rings (SSSR count). The Balaban J connectivity index is 1.34. The third-order valence-corrected chi connectivity index (χ3v) is 4.34. The molecule has 2 heterocycles. The van der Waals surface area contributed by atoms with E-state index in [1.807, 2.05) is 48.5 Å². The highest BCUT2D eigenvalue weighted by molar-refractivity contribution is 5.96. The Labute approximate surface area is 161 Å². The molecule has 1 fully saturated rings. The summed E-state index contributed by atoms with van der Waals surface area (Å²) < 4.78 is 10.9. The van der Waals surface area contributed by atoms with Gasteiger partial charge in [0, 0.05) is 18.7 Å². The van der Waals surface area contributed by atoms with Crippen molar-refractivity contribution < 1.29 is 18.7 Å². The summed E-state index contributed by atoms with van der Waals surface area (Å²) in [5, 5.41) is 10.3. The second-order valence-corrected chi connectivity index (χ2v) is 6.34. The van der Waals surface area contributed by atoms with Crippen LogP contribution in [-0.2, 0) is 9.59 Å². The van der Waals surface area contributed by atoms with E-state index in [9.17, 15) is 9.59 Å². The number of nitrogens with one attached hydrogen (secondary N) is 1. The van der Waals surface area contributed by atoms with Crippen LogP contribution in [-0.4, -0.2) is 35.2 Å². The van der Waals surface area contributed by atoms with Crippen molar-refractivity contribution in [3.8, 4) is 5.75 Å². The smallest absolute Gasteiger partial charge is 0.322 e. The van der Waals surface area contributed by atoms with Gasteiger partial charge in [-0.25, -0.2) is 0 Å².